The van der Waals surface area contributed by atoms with Crippen molar-refractivity contribution in [2.24, 2.45) is 5.73 Å². The van der Waals surface area contributed by atoms with Gasteiger partial charge in [-0.3, -0.25) is 0 Å². The van der Waals surface area contributed by atoms with Gasteiger partial charge in [-0.25, -0.2) is 0 Å². The number of allylic oxidation sites excluding steroid dienone is 1. The molecule has 0 atom stereocenters. The molecular formula is C11H16N2. The summed E-state index contributed by atoms with van der Waals surface area (Å²) >= 11 is 0. The van der Waals surface area contributed by atoms with E-state index in [1.807, 2.05) is 44.2 Å². The van der Waals surface area contributed by atoms with Gasteiger partial charge in [0.25, 0.3) is 0 Å². The second-order valence-electron chi connectivity index (χ2n) is 2.13. The molecule has 0 spiro atoms. The smallest absolute Gasteiger partial charge is 0.0270 e. The molecule has 0 heterocycles. The quantitative estimate of drug-likeness (QED) is 0.669. The lowest BCUT2D eigenvalue weighted by molar-refractivity contribution is 1.50. The van der Waals surface area contributed by atoms with Crippen molar-refractivity contribution in [3.8, 4) is 0 Å². The maximum atomic E-state index is 7.02. The van der Waals surface area contributed by atoms with Gasteiger partial charge in [0.2, 0.25) is 0 Å². The van der Waals surface area contributed by atoms with Gasteiger partial charge in [-0.1, -0.05) is 44.2 Å². The maximum Gasteiger partial charge on any atom is 0.0270 e. The molecule has 0 unspecified atom stereocenters. The van der Waals surface area contributed by atoms with Gasteiger partial charge in [0.15, 0.2) is 0 Å². The van der Waals surface area contributed by atoms with Gasteiger partial charge >= 0.3 is 0 Å². The third kappa shape index (κ3) is 3.56. The van der Waals surface area contributed by atoms with Crippen LogP contribution in [-0.2, 0) is 0 Å². The lowest BCUT2D eigenvalue weighted by Crippen LogP contribution is -1.89. The van der Waals surface area contributed by atoms with Crippen molar-refractivity contribution in [2.45, 2.75) is 13.8 Å². The van der Waals surface area contributed by atoms with Crippen molar-refractivity contribution in [2.75, 3.05) is 0 Å². The Hall–Kier alpha value is -1.57. The number of hydrogen-bond donors (Lipinski definition) is 2. The minimum Gasteiger partial charge on any atom is -0.404 e. The lowest BCUT2D eigenvalue weighted by atomic mass is 10.1. The molecule has 13 heavy (non-hydrogen) atoms. The Labute approximate surface area is 79.6 Å². The third-order valence-electron chi connectivity index (χ3n) is 1.44. The second-order valence-corrected chi connectivity index (χ2v) is 2.13. The van der Waals surface area contributed by atoms with Gasteiger partial charge in [0, 0.05) is 18.0 Å². The molecule has 2 nitrogen and oxygen atoms in total. The lowest BCUT2D eigenvalue weighted by Gasteiger charge is -1.97. The van der Waals surface area contributed by atoms with E-state index in [4.69, 9.17) is 11.1 Å². The highest BCUT2D eigenvalue weighted by molar-refractivity contribution is 6.07. The molecule has 0 aliphatic carbocycles. The molecule has 0 bridgehead atoms. The predicted octanol–water partition coefficient (Wildman–Crippen LogP) is 2.66. The van der Waals surface area contributed by atoms with Crippen LogP contribution in [0.3, 0.4) is 0 Å². The molecule has 1 aromatic carbocycles. The summed E-state index contributed by atoms with van der Waals surface area (Å²) in [5, 5.41) is 7.02. The van der Waals surface area contributed by atoms with Crippen molar-refractivity contribution >= 4 is 11.8 Å². The first-order chi connectivity index (χ1) is 6.38. The first kappa shape index (κ1) is 11.4. The van der Waals surface area contributed by atoms with E-state index in [0.29, 0.717) is 0 Å². The summed E-state index contributed by atoms with van der Waals surface area (Å²) in [5.41, 5.74) is 7.02. The SMILES string of the molecule is CC.N=C/C(=C\N)c1ccccc1. The van der Waals surface area contributed by atoms with Crippen LogP contribution in [0.5, 0.6) is 0 Å². The highest BCUT2D eigenvalue weighted by atomic mass is 14.5. The molecule has 3 N–H and O–H groups in total. The fraction of sp³-hybridized carbons (Fsp3) is 0.182. The van der Waals surface area contributed by atoms with Gasteiger partial charge in [0.05, 0.1) is 0 Å². The summed E-state index contributed by atoms with van der Waals surface area (Å²) in [7, 11) is 0. The summed E-state index contributed by atoms with van der Waals surface area (Å²) in [6.45, 7) is 4.00. The Balaban J connectivity index is 0.000000671. The largest absolute Gasteiger partial charge is 0.404 e. The van der Waals surface area contributed by atoms with Crippen LogP contribution in [0.4, 0.5) is 0 Å². The predicted molar refractivity (Wildman–Crippen MR) is 58.7 cm³/mol. The molecule has 1 rings (SSSR count). The number of nitrogens with one attached hydrogen (secondary N) is 1. The van der Waals surface area contributed by atoms with Crippen molar-refractivity contribution in [1.82, 2.24) is 0 Å². The Morgan fingerprint density at radius 2 is 1.77 bits per heavy atom. The standard InChI is InChI=1S/C9H10N2.C2H6/c10-6-9(7-11)8-4-2-1-3-5-8;1-2/h1-7,10H,11H2;1-2H3/b9-7+,10-6?;. The molecular weight excluding hydrogens is 160 g/mol. The van der Waals surface area contributed by atoms with Gasteiger partial charge in [-0.2, -0.15) is 0 Å². The van der Waals surface area contributed by atoms with Crippen LogP contribution in [0.15, 0.2) is 36.5 Å². The van der Waals surface area contributed by atoms with Crippen LogP contribution in [0.25, 0.3) is 5.57 Å². The van der Waals surface area contributed by atoms with Gasteiger partial charge in [0.1, 0.15) is 0 Å². The average molecular weight is 176 g/mol. The number of hydrogen-bond acceptors (Lipinski definition) is 2. The van der Waals surface area contributed by atoms with E-state index in [9.17, 15) is 0 Å². The van der Waals surface area contributed by atoms with Crippen LogP contribution in [0, 0.1) is 5.41 Å². The molecule has 0 saturated carbocycles. The van der Waals surface area contributed by atoms with Crippen molar-refractivity contribution in [3.63, 3.8) is 0 Å². The average Bonchev–Trinajstić information content (AvgIpc) is 2.24. The van der Waals surface area contributed by atoms with E-state index in [2.05, 4.69) is 0 Å². The highest BCUT2D eigenvalue weighted by Gasteiger charge is 1.93. The topological polar surface area (TPSA) is 49.9 Å². The number of nitrogens with two attached hydrogens (primary N) is 1. The Morgan fingerprint density at radius 1 is 1.23 bits per heavy atom. The molecule has 70 valence electrons. The summed E-state index contributed by atoms with van der Waals surface area (Å²) < 4.78 is 0. The van der Waals surface area contributed by atoms with E-state index in [0.717, 1.165) is 11.1 Å². The fourth-order valence-corrected chi connectivity index (χ4v) is 0.858. The monoisotopic (exact) mass is 176 g/mol. The molecule has 0 amide bonds. The molecule has 0 radical (unpaired) electrons. The first-order valence-electron chi connectivity index (χ1n) is 4.36. The molecule has 0 aliphatic heterocycles. The second kappa shape index (κ2) is 7.10. The Kier molecular flexibility index (Phi) is 6.24. The van der Waals surface area contributed by atoms with E-state index in [1.165, 1.54) is 12.4 Å². The Morgan fingerprint density at radius 3 is 2.15 bits per heavy atom. The zero-order valence-corrected chi connectivity index (χ0v) is 8.12. The highest BCUT2D eigenvalue weighted by Crippen LogP contribution is 2.08. The zero-order chi connectivity index (χ0) is 10.1. The van der Waals surface area contributed by atoms with Crippen LogP contribution < -0.4 is 5.73 Å². The molecule has 0 aliphatic rings. The van der Waals surface area contributed by atoms with E-state index in [1.54, 1.807) is 0 Å². The third-order valence-corrected chi connectivity index (χ3v) is 1.44. The molecule has 1 aromatic rings. The van der Waals surface area contributed by atoms with E-state index in [-0.39, 0.29) is 0 Å². The van der Waals surface area contributed by atoms with Gasteiger partial charge in [-0.05, 0) is 5.56 Å². The fourth-order valence-electron chi connectivity index (χ4n) is 0.858. The summed E-state index contributed by atoms with van der Waals surface area (Å²) in [5.74, 6) is 0. The summed E-state index contributed by atoms with van der Waals surface area (Å²) in [6.07, 6.45) is 2.68. The molecule has 2 heteroatoms. The van der Waals surface area contributed by atoms with Crippen LogP contribution in [0.2, 0.25) is 0 Å². The van der Waals surface area contributed by atoms with Crippen molar-refractivity contribution in [1.29, 1.82) is 5.41 Å². The number of benzene rings is 1. The minimum atomic E-state index is 0.741. The van der Waals surface area contributed by atoms with Crippen molar-refractivity contribution in [3.05, 3.63) is 42.1 Å². The Bertz CT molecular complexity index is 263. The van der Waals surface area contributed by atoms with Crippen molar-refractivity contribution < 1.29 is 0 Å². The van der Waals surface area contributed by atoms with Crippen LogP contribution in [0.1, 0.15) is 19.4 Å². The molecule has 0 fully saturated rings. The van der Waals surface area contributed by atoms with Crippen LogP contribution in [-0.4, -0.2) is 6.21 Å². The van der Waals surface area contributed by atoms with Gasteiger partial charge in [-0.15, -0.1) is 0 Å². The summed E-state index contributed by atoms with van der Waals surface area (Å²) in [6, 6.07) is 9.61. The zero-order valence-electron chi connectivity index (χ0n) is 8.12. The first-order valence-corrected chi connectivity index (χ1v) is 4.36. The maximum absolute atomic E-state index is 7.02. The van der Waals surface area contributed by atoms with Crippen LogP contribution >= 0.6 is 0 Å². The van der Waals surface area contributed by atoms with E-state index >= 15 is 0 Å². The van der Waals surface area contributed by atoms with Gasteiger partial charge < -0.3 is 11.1 Å². The summed E-state index contributed by atoms with van der Waals surface area (Å²) in [4.78, 5) is 0. The molecule has 0 aromatic heterocycles. The molecule has 0 saturated heterocycles. The van der Waals surface area contributed by atoms with E-state index < -0.39 is 0 Å². The minimum absolute atomic E-state index is 0.741. The normalized spacial score (nSPS) is 9.85. The number of rotatable bonds is 2.